The van der Waals surface area contributed by atoms with Crippen LogP contribution in [0.15, 0.2) is 66.7 Å². The second-order valence-corrected chi connectivity index (χ2v) is 12.8. The Morgan fingerprint density at radius 1 is 0.526 bits per heavy atom. The molecule has 0 aliphatic heterocycles. The maximum absolute atomic E-state index is 3.34. The van der Waals surface area contributed by atoms with Crippen LogP contribution in [0, 0.1) is 11.8 Å². The van der Waals surface area contributed by atoms with E-state index in [0.29, 0.717) is 0 Å². The lowest BCUT2D eigenvalue weighted by Gasteiger charge is -2.04. The molecule has 0 unspecified atom stereocenters. The maximum atomic E-state index is 3.34. The van der Waals surface area contributed by atoms with Crippen LogP contribution in [0.1, 0.15) is 101 Å². The van der Waals surface area contributed by atoms with E-state index in [9.17, 15) is 0 Å². The fourth-order valence-corrected chi connectivity index (χ4v) is 8.13. The smallest absolute Gasteiger partial charge is 0.0542 e. The molecule has 0 aliphatic rings. The Bertz CT molecular complexity index is 1510. The predicted octanol–water partition coefficient (Wildman–Crippen LogP) is 11.9. The molecule has 38 heavy (non-hydrogen) atoms. The van der Waals surface area contributed by atoms with Crippen LogP contribution in [-0.4, -0.2) is 0 Å². The highest BCUT2D eigenvalue weighted by molar-refractivity contribution is 7.36. The molecule has 5 aromatic rings. The molecule has 3 aromatic carbocycles. The summed E-state index contributed by atoms with van der Waals surface area (Å²) in [6.07, 6.45) is 18.1. The number of hydrogen-bond acceptors (Lipinski definition) is 2. The third-order valence-corrected chi connectivity index (χ3v) is 10.1. The fraction of sp³-hybridized carbons (Fsp3) is 0.389. The van der Waals surface area contributed by atoms with Crippen molar-refractivity contribution in [2.75, 3.05) is 0 Å². The Labute approximate surface area is 237 Å². The molecule has 0 amide bonds. The summed E-state index contributed by atoms with van der Waals surface area (Å²) in [4.78, 5) is 0. The highest BCUT2D eigenvalue weighted by Crippen LogP contribution is 2.44. The van der Waals surface area contributed by atoms with E-state index in [1.54, 1.807) is 0 Å². The van der Waals surface area contributed by atoms with Crippen molar-refractivity contribution in [3.05, 3.63) is 83.4 Å². The van der Waals surface area contributed by atoms with Gasteiger partial charge in [-0.15, -0.1) is 22.7 Å². The van der Waals surface area contributed by atoms with Crippen molar-refractivity contribution in [1.82, 2.24) is 0 Å². The topological polar surface area (TPSA) is 0 Å². The van der Waals surface area contributed by atoms with Gasteiger partial charge in [0.1, 0.15) is 0 Å². The van der Waals surface area contributed by atoms with Crippen LogP contribution in [-0.2, 0) is 6.42 Å². The van der Waals surface area contributed by atoms with E-state index in [4.69, 9.17) is 0 Å². The molecular weight excluding hydrogens is 497 g/mol. The van der Waals surface area contributed by atoms with Gasteiger partial charge in [-0.1, -0.05) is 126 Å². The predicted molar refractivity (Wildman–Crippen MR) is 172 cm³/mol. The fourth-order valence-electron chi connectivity index (χ4n) is 5.37. The third-order valence-electron chi connectivity index (χ3n) is 7.59. The maximum Gasteiger partial charge on any atom is 0.0542 e. The largest absolute Gasteiger partial charge is 0.134 e. The molecule has 0 nitrogen and oxygen atoms in total. The average Bonchev–Trinajstić information content (AvgIpc) is 3.48. The van der Waals surface area contributed by atoms with E-state index in [2.05, 4.69) is 67.3 Å². The van der Waals surface area contributed by atoms with Crippen LogP contribution >= 0.6 is 22.7 Å². The van der Waals surface area contributed by atoms with Gasteiger partial charge < -0.3 is 0 Å². The van der Waals surface area contributed by atoms with Gasteiger partial charge in [0.05, 0.1) is 9.40 Å². The quantitative estimate of drug-likeness (QED) is 0.104. The number of rotatable bonds is 13. The third kappa shape index (κ3) is 7.07. The summed E-state index contributed by atoms with van der Waals surface area (Å²) in [5, 5.41) is 2.79. The van der Waals surface area contributed by atoms with E-state index in [1.165, 1.54) is 119 Å². The van der Waals surface area contributed by atoms with Gasteiger partial charge in [0.15, 0.2) is 0 Å². The Morgan fingerprint density at radius 2 is 1.08 bits per heavy atom. The van der Waals surface area contributed by atoms with Crippen molar-refractivity contribution >= 4 is 52.2 Å². The second-order valence-electron chi connectivity index (χ2n) is 10.7. The van der Waals surface area contributed by atoms with Gasteiger partial charge >= 0.3 is 0 Å². The minimum absolute atomic E-state index is 1.06. The van der Waals surface area contributed by atoms with Crippen LogP contribution in [0.4, 0.5) is 0 Å². The molecule has 0 N–H and O–H groups in total. The van der Waals surface area contributed by atoms with E-state index < -0.39 is 0 Å². The van der Waals surface area contributed by atoms with Crippen LogP contribution in [0.2, 0.25) is 0 Å². The Balaban J connectivity index is 1.13. The number of hydrogen-bond donors (Lipinski definition) is 0. The van der Waals surface area contributed by atoms with Gasteiger partial charge in [-0.05, 0) is 48.7 Å². The van der Waals surface area contributed by atoms with Crippen molar-refractivity contribution in [3.8, 4) is 11.8 Å². The number of benzene rings is 3. The molecule has 0 spiro atoms. The Kier molecular flexibility index (Phi) is 9.93. The first-order chi connectivity index (χ1) is 18.8. The molecule has 0 fully saturated rings. The van der Waals surface area contributed by atoms with Gasteiger partial charge in [-0.3, -0.25) is 0 Å². The first-order valence-corrected chi connectivity index (χ1v) is 16.4. The van der Waals surface area contributed by atoms with Gasteiger partial charge in [0.25, 0.3) is 0 Å². The molecule has 2 heterocycles. The van der Waals surface area contributed by atoms with Crippen LogP contribution < -0.4 is 0 Å². The summed E-state index contributed by atoms with van der Waals surface area (Å²) in [5.41, 5.74) is 3.65. The molecule has 5 rings (SSSR count). The monoisotopic (exact) mass is 536 g/mol. The first kappa shape index (κ1) is 27.0. The number of aryl methyl sites for hydroxylation is 1. The lowest BCUT2D eigenvalue weighted by molar-refractivity contribution is 0.544. The van der Waals surface area contributed by atoms with E-state index in [-0.39, 0.29) is 0 Å². The summed E-state index contributed by atoms with van der Waals surface area (Å²) in [6, 6.07) is 24.1. The zero-order valence-corrected chi connectivity index (χ0v) is 24.5. The molecule has 0 atom stereocenters. The number of fused-ring (bicyclic) bond motifs is 5. The van der Waals surface area contributed by atoms with E-state index in [1.807, 2.05) is 40.9 Å². The minimum atomic E-state index is 1.06. The van der Waals surface area contributed by atoms with Crippen molar-refractivity contribution in [1.29, 1.82) is 0 Å². The molecule has 0 aliphatic carbocycles. The summed E-state index contributed by atoms with van der Waals surface area (Å²) >= 11 is 3.88. The summed E-state index contributed by atoms with van der Waals surface area (Å²) < 4.78 is 5.65. The lowest BCUT2D eigenvalue weighted by atomic mass is 10.0. The number of unbranched alkanes of at least 4 members (excludes halogenated alkanes) is 11. The SMILES string of the molecule is CCCCCCCCCCCCCCc1ccc2c(c1)sc1c3ccc(C#Cc4ccccc4)cc3sc21. The van der Waals surface area contributed by atoms with Crippen LogP contribution in [0.3, 0.4) is 0 Å². The molecular formula is C36H40S2. The van der Waals surface area contributed by atoms with Gasteiger partial charge in [-0.25, -0.2) is 0 Å². The summed E-state index contributed by atoms with van der Waals surface area (Å²) in [5.74, 6) is 6.63. The van der Waals surface area contributed by atoms with Gasteiger partial charge in [0.2, 0.25) is 0 Å². The standard InChI is InChI=1S/C36H40S2/c1-2-3-4-5-6-7-8-9-10-11-12-14-19-29-22-24-31-33(26-29)37-36-32-25-23-30(27-34(32)38-35(31)36)21-20-28-17-15-13-16-18-28/h13,15-18,22-27H,2-12,14,19H2,1H3. The molecule has 0 saturated carbocycles. The zero-order valence-electron chi connectivity index (χ0n) is 22.9. The van der Waals surface area contributed by atoms with Crippen molar-refractivity contribution in [2.45, 2.75) is 90.4 Å². The number of thiophene rings is 2. The molecule has 2 aromatic heterocycles. The van der Waals surface area contributed by atoms with Crippen LogP contribution in [0.25, 0.3) is 29.6 Å². The molecule has 0 bridgehead atoms. The Morgan fingerprint density at radius 3 is 1.74 bits per heavy atom. The lowest BCUT2D eigenvalue weighted by Crippen LogP contribution is -1.86. The zero-order chi connectivity index (χ0) is 26.0. The van der Waals surface area contributed by atoms with E-state index >= 15 is 0 Å². The summed E-state index contributed by atoms with van der Waals surface area (Å²) in [6.45, 7) is 2.30. The summed E-state index contributed by atoms with van der Waals surface area (Å²) in [7, 11) is 0. The Hall–Kier alpha value is -2.60. The molecule has 0 saturated heterocycles. The molecule has 196 valence electrons. The highest BCUT2D eigenvalue weighted by atomic mass is 32.1. The van der Waals surface area contributed by atoms with E-state index in [0.717, 1.165) is 11.1 Å². The van der Waals surface area contributed by atoms with Crippen LogP contribution in [0.5, 0.6) is 0 Å². The van der Waals surface area contributed by atoms with Crippen molar-refractivity contribution in [2.24, 2.45) is 0 Å². The average molecular weight is 537 g/mol. The first-order valence-electron chi connectivity index (χ1n) is 14.8. The van der Waals surface area contributed by atoms with Crippen molar-refractivity contribution in [3.63, 3.8) is 0 Å². The van der Waals surface area contributed by atoms with Crippen molar-refractivity contribution < 1.29 is 0 Å². The normalized spacial score (nSPS) is 11.4. The van der Waals surface area contributed by atoms with Gasteiger partial charge in [0, 0.05) is 31.3 Å². The second kappa shape index (κ2) is 14.0. The molecule has 0 radical (unpaired) electrons. The molecule has 2 heteroatoms. The minimum Gasteiger partial charge on any atom is -0.134 e. The highest BCUT2D eigenvalue weighted by Gasteiger charge is 2.12. The van der Waals surface area contributed by atoms with Gasteiger partial charge in [-0.2, -0.15) is 0 Å².